The average Bonchev–Trinajstić information content (AvgIpc) is 4.09. The second-order valence-corrected chi connectivity index (χ2v) is 27.5. The minimum absolute atomic E-state index is 0.0126. The first-order chi connectivity index (χ1) is 36.9. The van der Waals surface area contributed by atoms with Crippen LogP contribution in [-0.4, -0.2) is 285 Å². The van der Waals surface area contributed by atoms with E-state index in [9.17, 15) is 50.4 Å². The monoisotopic (exact) mass is 1240 g/mol. The topological polar surface area (TPSA) is 485 Å². The van der Waals surface area contributed by atoms with Crippen molar-refractivity contribution in [1.82, 2.24) is 5.32 Å². The fourth-order valence-corrected chi connectivity index (χ4v) is 13.4. The molecule has 27 unspecified atom stereocenters. The lowest BCUT2D eigenvalue weighted by atomic mass is 9.81. The largest absolute Gasteiger partial charge is 0.394 e. The van der Waals surface area contributed by atoms with Crippen LogP contribution >= 0.6 is 20.2 Å². The summed E-state index contributed by atoms with van der Waals surface area (Å²) in [4.78, 5) is 44.4. The lowest BCUT2D eigenvalue weighted by Gasteiger charge is -2.45. The Balaban J connectivity index is 1.09. The molecule has 6 rings (SSSR count). The highest BCUT2D eigenvalue weighted by Crippen LogP contribution is 2.52. The molecule has 1 aliphatic carbocycles. The number of hydrogen-bond acceptors (Lipinski definition) is 28. The molecule has 32 nitrogen and oxygen atoms in total. The quantitative estimate of drug-likeness (QED) is 0.0126. The van der Waals surface area contributed by atoms with E-state index in [1.807, 2.05) is 0 Å². The molecular formula is C38H68B3N8O24P3S3. The first-order valence-electron chi connectivity index (χ1n) is 24.3. The second-order valence-electron chi connectivity index (χ2n) is 19.0. The van der Waals surface area contributed by atoms with Gasteiger partial charge in [0.25, 0.3) is 0 Å². The van der Waals surface area contributed by atoms with Crippen LogP contribution in [0.4, 0.5) is 0 Å². The van der Waals surface area contributed by atoms with Crippen LogP contribution in [0.5, 0.6) is 0 Å². The molecule has 79 heavy (non-hydrogen) atoms. The molecular weight excluding hydrogens is 1170 g/mol. The smallest absolute Gasteiger partial charge is 0.324 e. The maximum Gasteiger partial charge on any atom is 0.324 e. The number of guanidine groups is 2. The Morgan fingerprint density at radius 2 is 1.16 bits per heavy atom. The maximum absolute atomic E-state index is 12.4. The van der Waals surface area contributed by atoms with Crippen molar-refractivity contribution in [3.05, 3.63) is 0 Å². The molecule has 0 amide bonds. The van der Waals surface area contributed by atoms with E-state index in [-0.39, 0.29) is 32.5 Å². The Bertz CT molecular complexity index is 2260. The summed E-state index contributed by atoms with van der Waals surface area (Å²) in [5.74, 6) is -1.12. The first-order valence-corrected chi connectivity index (χ1v) is 32.1. The summed E-state index contributed by atoms with van der Waals surface area (Å²) in [6.45, 7) is -12.8. The van der Waals surface area contributed by atoms with Crippen LogP contribution < -0.4 is 28.3 Å². The molecule has 41 heteroatoms. The Morgan fingerprint density at radius 3 is 1.65 bits per heavy atom. The number of aliphatic hydroxyl groups is 7. The van der Waals surface area contributed by atoms with Crippen molar-refractivity contribution in [1.29, 1.82) is 0 Å². The van der Waals surface area contributed by atoms with Gasteiger partial charge in [0.05, 0.1) is 56.9 Å². The zero-order chi connectivity index (χ0) is 58.5. The van der Waals surface area contributed by atoms with Gasteiger partial charge in [0.1, 0.15) is 109 Å². The number of hydrogen-bond donors (Lipinski definition) is 15. The molecule has 6 fully saturated rings. The van der Waals surface area contributed by atoms with Gasteiger partial charge < -0.3 is 144 Å². The van der Waals surface area contributed by atoms with Crippen LogP contribution in [0.2, 0.25) is 0 Å². The molecule has 0 aromatic carbocycles. The molecule has 0 bridgehead atoms. The lowest BCUT2D eigenvalue weighted by Crippen LogP contribution is -2.66. The van der Waals surface area contributed by atoms with E-state index in [0.717, 1.165) is 6.21 Å². The van der Waals surface area contributed by atoms with Gasteiger partial charge in [-0.15, -0.1) is 0 Å². The summed E-state index contributed by atoms with van der Waals surface area (Å²) < 4.78 is 80.1. The highest BCUT2D eigenvalue weighted by molar-refractivity contribution is 8.07. The molecule has 1 saturated carbocycles. The van der Waals surface area contributed by atoms with Gasteiger partial charge in [-0.2, -0.15) is 0 Å². The number of nitrogens with zero attached hydrogens (tertiary/aromatic N) is 3. The van der Waals surface area contributed by atoms with Crippen LogP contribution in [0.15, 0.2) is 15.0 Å². The van der Waals surface area contributed by atoms with Crippen LogP contribution in [0.3, 0.4) is 0 Å². The molecule has 19 N–H and O–H groups in total. The predicted molar refractivity (Wildman–Crippen MR) is 286 cm³/mol. The summed E-state index contributed by atoms with van der Waals surface area (Å²) in [6.07, 6.45) is -23.0. The highest BCUT2D eigenvalue weighted by Gasteiger charge is 2.60. The minimum atomic E-state index is -4.15. The van der Waals surface area contributed by atoms with Crippen molar-refractivity contribution >= 4 is 97.2 Å². The fourth-order valence-electron chi connectivity index (χ4n) is 9.47. The van der Waals surface area contributed by atoms with Gasteiger partial charge in [-0.1, -0.05) is 0 Å². The van der Waals surface area contributed by atoms with Crippen molar-refractivity contribution in [2.24, 2.45) is 37.9 Å². The molecule has 6 aliphatic rings. The predicted octanol–water partition coefficient (Wildman–Crippen LogP) is -7.98. The standard InChI is InChI=1S/C38H68B3N8O24P3S3/c1-13-38(56,33(70-34-26(46-2)30(54)27(51)17(7-50)68-34)35(64-13)69-32-25(49-37(44)45)28(52)24(48-36(42)43)29(53)31(32)55)11-47-12-61-8-18-14(4-21(39)65-18)72-75(58,78)63-10-20-16(6-23(41)67-20)73-76(59,79)62-9-19-15(5-22(40)66-19)71-74(57,77)60-3/h11,13-35,46,50-56H,4-10,12H2,1-3H3,(H,57,77)(H,58,78)(H,59,79)(H4,42,43,48)(H4,44,45,49). The number of nitrogens with two attached hydrogens (primary N) is 4. The van der Waals surface area contributed by atoms with Gasteiger partial charge in [-0.3, -0.25) is 4.99 Å². The molecule has 5 heterocycles. The van der Waals surface area contributed by atoms with E-state index >= 15 is 0 Å². The summed E-state index contributed by atoms with van der Waals surface area (Å²) >= 11 is 15.5. The zero-order valence-electron chi connectivity index (χ0n) is 42.7. The van der Waals surface area contributed by atoms with Crippen LogP contribution in [0.1, 0.15) is 26.2 Å². The third kappa shape index (κ3) is 17.5. The molecule has 0 aromatic heterocycles. The Morgan fingerprint density at radius 1 is 0.671 bits per heavy atom. The van der Waals surface area contributed by atoms with Crippen LogP contribution in [-0.2, 0) is 100 Å². The Labute approximate surface area is 473 Å². The van der Waals surface area contributed by atoms with Gasteiger partial charge in [0.2, 0.25) is 0 Å². The average molecular weight is 1240 g/mol. The maximum atomic E-state index is 12.4. The summed E-state index contributed by atoms with van der Waals surface area (Å²) in [7, 11) is 20.6. The zero-order valence-corrected chi connectivity index (χ0v) is 47.8. The van der Waals surface area contributed by atoms with Gasteiger partial charge in [-0.25, -0.2) is 9.98 Å². The molecule has 27 atom stereocenters. The lowest BCUT2D eigenvalue weighted by molar-refractivity contribution is -0.313. The summed E-state index contributed by atoms with van der Waals surface area (Å²) in [6, 6.07) is -6.97. The van der Waals surface area contributed by atoms with E-state index in [1.54, 1.807) is 0 Å². The van der Waals surface area contributed by atoms with E-state index in [0.29, 0.717) is 0 Å². The Kier molecular flexibility index (Phi) is 24.5. The molecule has 0 spiro atoms. The molecule has 5 saturated heterocycles. The fraction of sp³-hybridized carbons (Fsp3) is 0.921. The molecule has 6 radical (unpaired) electrons. The first kappa shape index (κ1) is 67.5. The number of aliphatic imine (C=N–C) groups is 3. The van der Waals surface area contributed by atoms with Gasteiger partial charge >= 0.3 is 20.2 Å². The van der Waals surface area contributed by atoms with Crippen LogP contribution in [0, 0.1) is 0 Å². The van der Waals surface area contributed by atoms with E-state index in [1.165, 1.54) is 21.1 Å². The number of likely N-dealkylation sites (N-methyl/N-ethyl adjacent to an activating group) is 1. The van der Waals surface area contributed by atoms with Gasteiger partial charge in [0, 0.05) is 31.3 Å². The molecule has 0 aromatic rings. The number of aliphatic hydroxyl groups excluding tert-OH is 6. The second kappa shape index (κ2) is 28.7. The molecule has 446 valence electrons. The van der Waals surface area contributed by atoms with Crippen molar-refractivity contribution in [2.45, 2.75) is 172 Å². The van der Waals surface area contributed by atoms with Crippen molar-refractivity contribution in [3.8, 4) is 0 Å². The summed E-state index contributed by atoms with van der Waals surface area (Å²) in [5, 5.41) is 80.5. The van der Waals surface area contributed by atoms with E-state index < -0.39 is 198 Å². The summed E-state index contributed by atoms with van der Waals surface area (Å²) in [5.41, 5.74) is 20.1. The van der Waals surface area contributed by atoms with E-state index in [2.05, 4.69) is 20.3 Å². The number of ether oxygens (including phenoxy) is 8. The third-order valence-corrected chi connectivity index (χ3v) is 18.3. The number of nitrogens with one attached hydrogen (secondary N) is 1. The third-order valence-electron chi connectivity index (χ3n) is 13.4. The van der Waals surface area contributed by atoms with Crippen molar-refractivity contribution in [2.75, 3.05) is 47.3 Å². The molecule has 5 aliphatic heterocycles. The van der Waals surface area contributed by atoms with Gasteiger partial charge in [0.15, 0.2) is 30.1 Å². The van der Waals surface area contributed by atoms with E-state index in [4.69, 9.17) is 147 Å². The SMILES string of the molecule is [B]C1CC(OP(O)(=S)OC)C(COP(O)(=S)OC2CC([B])OC2COP(O)(=S)OC2CC([B])OC2COCN=CC2(O)C(C)OC(OC3C(O)C(O)C(N=C(N)N)C(O)C3N=C(N)N)C2OC2OC(CO)C(O)C(O)C2NC)O1. The van der Waals surface area contributed by atoms with Gasteiger partial charge in [-0.05, 0) is 68.7 Å². The van der Waals surface area contributed by atoms with Crippen molar-refractivity contribution < 1.29 is 115 Å². The number of rotatable bonds is 26. The van der Waals surface area contributed by atoms with Crippen LogP contribution in [0.25, 0.3) is 0 Å². The highest BCUT2D eigenvalue weighted by atomic mass is 32.5. The Hall–Kier alpha value is -0.645. The normalized spacial score (nSPS) is 44.0. The minimum Gasteiger partial charge on any atom is -0.394 e. The van der Waals surface area contributed by atoms with Crippen molar-refractivity contribution in [3.63, 3.8) is 0 Å².